The minimum atomic E-state index is -0.0567. The maximum Gasteiger partial charge on any atom is 0.320 e. The first kappa shape index (κ1) is 17.9. The third kappa shape index (κ3) is 3.38. The number of nitrogens with zero attached hydrogens (tertiary/aromatic N) is 6. The highest BCUT2D eigenvalue weighted by Gasteiger charge is 2.19. The van der Waals surface area contributed by atoms with Crippen molar-refractivity contribution in [2.24, 2.45) is 0 Å². The molecule has 2 amide bonds. The Morgan fingerprint density at radius 3 is 2.57 bits per heavy atom. The van der Waals surface area contributed by atoms with E-state index < -0.39 is 0 Å². The molecule has 0 N–H and O–H groups in total. The molecule has 0 saturated heterocycles. The first-order valence-electron chi connectivity index (χ1n) is 9.13. The van der Waals surface area contributed by atoms with Crippen molar-refractivity contribution in [3.05, 3.63) is 71.3 Å². The minimum absolute atomic E-state index is 0.0567. The van der Waals surface area contributed by atoms with Crippen LogP contribution in [0.4, 0.5) is 4.79 Å². The molecule has 0 aliphatic carbocycles. The summed E-state index contributed by atoms with van der Waals surface area (Å²) < 4.78 is 1.74. The van der Waals surface area contributed by atoms with E-state index in [9.17, 15) is 4.79 Å². The van der Waals surface area contributed by atoms with Gasteiger partial charge in [-0.3, -0.25) is 0 Å². The number of rotatable bonds is 4. The van der Waals surface area contributed by atoms with Crippen LogP contribution in [0, 0.1) is 6.92 Å². The standard InChI is InChI=1S/C21H22N6O/c1-15-9-10-19-17(11-15)12-18(20-22-23-24-27(19)20)14-26(21(28)25(2)3)13-16-7-5-4-6-8-16/h4-12H,13-14H2,1-3H3. The molecule has 28 heavy (non-hydrogen) atoms. The normalized spacial score (nSPS) is 11.1. The van der Waals surface area contributed by atoms with Crippen LogP contribution in [0.1, 0.15) is 16.7 Å². The number of pyridine rings is 1. The van der Waals surface area contributed by atoms with Gasteiger partial charge in [0.25, 0.3) is 0 Å². The average molecular weight is 374 g/mol. The van der Waals surface area contributed by atoms with Gasteiger partial charge in [-0.2, -0.15) is 4.52 Å². The lowest BCUT2D eigenvalue weighted by Crippen LogP contribution is -2.38. The lowest BCUT2D eigenvalue weighted by atomic mass is 10.1. The van der Waals surface area contributed by atoms with Crippen LogP contribution < -0.4 is 0 Å². The van der Waals surface area contributed by atoms with Crippen molar-refractivity contribution in [1.29, 1.82) is 0 Å². The van der Waals surface area contributed by atoms with E-state index in [1.165, 1.54) is 0 Å². The van der Waals surface area contributed by atoms with Gasteiger partial charge in [0.05, 0.1) is 12.1 Å². The molecule has 0 aliphatic heterocycles. The molecule has 0 unspecified atom stereocenters. The van der Waals surface area contributed by atoms with E-state index in [4.69, 9.17) is 0 Å². The fourth-order valence-corrected chi connectivity index (χ4v) is 3.38. The first-order valence-corrected chi connectivity index (χ1v) is 9.13. The van der Waals surface area contributed by atoms with Crippen LogP contribution in [-0.2, 0) is 13.1 Å². The molecule has 4 aromatic rings. The van der Waals surface area contributed by atoms with Crippen LogP contribution >= 0.6 is 0 Å². The molecule has 0 bridgehead atoms. The van der Waals surface area contributed by atoms with Gasteiger partial charge in [0.1, 0.15) is 0 Å². The Hall–Kier alpha value is -3.48. The van der Waals surface area contributed by atoms with Crippen LogP contribution in [-0.4, -0.2) is 50.0 Å². The Kier molecular flexibility index (Phi) is 4.65. The van der Waals surface area contributed by atoms with Crippen LogP contribution in [0.3, 0.4) is 0 Å². The van der Waals surface area contributed by atoms with Crippen molar-refractivity contribution in [3.63, 3.8) is 0 Å². The van der Waals surface area contributed by atoms with Crippen molar-refractivity contribution in [2.45, 2.75) is 20.0 Å². The quantitative estimate of drug-likeness (QED) is 0.550. The highest BCUT2D eigenvalue weighted by atomic mass is 16.2. The summed E-state index contributed by atoms with van der Waals surface area (Å²) in [6, 6.07) is 18.2. The Bertz CT molecular complexity index is 1140. The minimum Gasteiger partial charge on any atom is -0.331 e. The van der Waals surface area contributed by atoms with Crippen LogP contribution in [0.5, 0.6) is 0 Å². The molecule has 0 fully saturated rings. The van der Waals surface area contributed by atoms with Gasteiger partial charge in [-0.05, 0) is 41.1 Å². The second kappa shape index (κ2) is 7.26. The third-order valence-corrected chi connectivity index (χ3v) is 4.73. The fourth-order valence-electron chi connectivity index (χ4n) is 3.38. The number of hydrogen-bond acceptors (Lipinski definition) is 4. The number of aryl methyl sites for hydroxylation is 1. The molecule has 142 valence electrons. The maximum absolute atomic E-state index is 12.8. The Labute approximate surface area is 163 Å². The molecule has 7 heteroatoms. The Morgan fingerprint density at radius 1 is 1.04 bits per heavy atom. The van der Waals surface area contributed by atoms with Crippen molar-refractivity contribution in [1.82, 2.24) is 29.8 Å². The number of carbonyl (C=O) groups excluding carboxylic acids is 1. The number of hydrogen-bond donors (Lipinski definition) is 0. The number of urea groups is 1. The zero-order valence-corrected chi connectivity index (χ0v) is 16.2. The van der Waals surface area contributed by atoms with Crippen molar-refractivity contribution < 1.29 is 4.79 Å². The molecular formula is C21H22N6O. The summed E-state index contributed by atoms with van der Waals surface area (Å²) in [6.07, 6.45) is 0. The smallest absolute Gasteiger partial charge is 0.320 e. The molecule has 7 nitrogen and oxygen atoms in total. The van der Waals surface area contributed by atoms with Crippen LogP contribution in [0.15, 0.2) is 54.6 Å². The average Bonchev–Trinajstić information content (AvgIpc) is 3.17. The van der Waals surface area contributed by atoms with Crippen molar-refractivity contribution in [3.8, 4) is 0 Å². The second-order valence-corrected chi connectivity index (χ2v) is 7.16. The largest absolute Gasteiger partial charge is 0.331 e. The summed E-state index contributed by atoms with van der Waals surface area (Å²) in [4.78, 5) is 16.2. The number of aromatic nitrogens is 4. The number of carbonyl (C=O) groups is 1. The molecule has 0 spiro atoms. The highest BCUT2D eigenvalue weighted by molar-refractivity contribution is 5.84. The van der Waals surface area contributed by atoms with E-state index in [2.05, 4.69) is 34.6 Å². The molecule has 2 aromatic carbocycles. The topological polar surface area (TPSA) is 66.6 Å². The zero-order valence-electron chi connectivity index (χ0n) is 16.2. The summed E-state index contributed by atoms with van der Waals surface area (Å²) in [7, 11) is 3.52. The second-order valence-electron chi connectivity index (χ2n) is 7.16. The monoisotopic (exact) mass is 374 g/mol. The number of amides is 2. The predicted octanol–water partition coefficient (Wildman–Crippen LogP) is 3.27. The molecule has 2 aromatic heterocycles. The maximum atomic E-state index is 12.8. The van der Waals surface area contributed by atoms with Gasteiger partial charge in [-0.25, -0.2) is 4.79 Å². The van der Waals surface area contributed by atoms with Gasteiger partial charge in [0.2, 0.25) is 0 Å². The van der Waals surface area contributed by atoms with E-state index >= 15 is 0 Å². The van der Waals surface area contributed by atoms with E-state index in [0.29, 0.717) is 18.7 Å². The first-order chi connectivity index (χ1) is 13.5. The molecule has 4 rings (SSSR count). The van der Waals surface area contributed by atoms with Gasteiger partial charge in [0.15, 0.2) is 5.65 Å². The van der Waals surface area contributed by atoms with E-state index in [0.717, 1.165) is 27.6 Å². The number of benzene rings is 2. The molecule has 0 radical (unpaired) electrons. The van der Waals surface area contributed by atoms with Gasteiger partial charge in [-0.1, -0.05) is 42.0 Å². The molecule has 0 atom stereocenters. The van der Waals surface area contributed by atoms with Gasteiger partial charge < -0.3 is 9.80 Å². The lowest BCUT2D eigenvalue weighted by molar-refractivity contribution is 0.165. The Balaban J connectivity index is 1.77. The lowest BCUT2D eigenvalue weighted by Gasteiger charge is -2.26. The summed E-state index contributed by atoms with van der Waals surface area (Å²) >= 11 is 0. The SMILES string of the molecule is Cc1ccc2c(c1)cc(CN(Cc1ccccc1)C(=O)N(C)C)c1nnnn12. The van der Waals surface area contributed by atoms with E-state index in [1.54, 1.807) is 28.4 Å². The van der Waals surface area contributed by atoms with Crippen LogP contribution in [0.2, 0.25) is 0 Å². The molecule has 2 heterocycles. The van der Waals surface area contributed by atoms with Gasteiger partial charge >= 0.3 is 6.03 Å². The molecule has 0 saturated carbocycles. The zero-order chi connectivity index (χ0) is 19.7. The summed E-state index contributed by atoms with van der Waals surface area (Å²) in [6.45, 7) is 2.98. The van der Waals surface area contributed by atoms with Crippen LogP contribution in [0.25, 0.3) is 16.6 Å². The third-order valence-electron chi connectivity index (χ3n) is 4.73. The van der Waals surface area contributed by atoms with Crippen molar-refractivity contribution >= 4 is 22.6 Å². The number of fused-ring (bicyclic) bond motifs is 3. The van der Waals surface area contributed by atoms with Gasteiger partial charge in [0, 0.05) is 31.6 Å². The Morgan fingerprint density at radius 2 is 1.82 bits per heavy atom. The van der Waals surface area contributed by atoms with E-state index in [1.807, 2.05) is 42.5 Å². The summed E-state index contributed by atoms with van der Waals surface area (Å²) in [5, 5.41) is 13.3. The summed E-state index contributed by atoms with van der Waals surface area (Å²) in [5.41, 5.74) is 4.76. The van der Waals surface area contributed by atoms with Gasteiger partial charge in [-0.15, -0.1) is 5.10 Å². The molecule has 0 aliphatic rings. The highest BCUT2D eigenvalue weighted by Crippen LogP contribution is 2.22. The predicted molar refractivity (Wildman–Crippen MR) is 108 cm³/mol. The van der Waals surface area contributed by atoms with Crippen molar-refractivity contribution in [2.75, 3.05) is 14.1 Å². The van der Waals surface area contributed by atoms with E-state index in [-0.39, 0.29) is 6.03 Å². The fraction of sp³-hybridized carbons (Fsp3) is 0.238. The summed E-state index contributed by atoms with van der Waals surface area (Å²) in [5.74, 6) is 0. The molecular weight excluding hydrogens is 352 g/mol. The number of tetrazole rings is 1.